The van der Waals surface area contributed by atoms with Crippen molar-refractivity contribution < 1.29 is 9.53 Å². The van der Waals surface area contributed by atoms with Crippen molar-refractivity contribution in [1.82, 2.24) is 4.98 Å². The smallest absolute Gasteiger partial charge is 0.340 e. The molecule has 4 heteroatoms. The molecule has 1 aromatic heterocycles. The molecule has 1 aromatic rings. The van der Waals surface area contributed by atoms with E-state index >= 15 is 0 Å². The summed E-state index contributed by atoms with van der Waals surface area (Å²) in [5.74, 6) is -0.419. The van der Waals surface area contributed by atoms with Crippen LogP contribution in [-0.4, -0.2) is 16.6 Å². The third-order valence-corrected chi connectivity index (χ3v) is 1.91. The number of carbonyl (C=O) groups is 1. The highest BCUT2D eigenvalue weighted by Gasteiger charge is 2.20. The lowest BCUT2D eigenvalue weighted by atomic mass is 10.2. The van der Waals surface area contributed by atoms with Gasteiger partial charge in [-0.1, -0.05) is 11.6 Å². The summed E-state index contributed by atoms with van der Waals surface area (Å²) in [6.45, 7) is 7.23. The number of nitrogens with zero attached hydrogens (tertiary/aromatic N) is 1. The Morgan fingerprint density at radius 3 is 2.60 bits per heavy atom. The van der Waals surface area contributed by atoms with Gasteiger partial charge >= 0.3 is 5.97 Å². The maximum atomic E-state index is 11.7. The molecule has 0 atom stereocenters. The second-order valence-electron chi connectivity index (χ2n) is 4.31. The first kappa shape index (κ1) is 12.0. The normalized spacial score (nSPS) is 11.3. The van der Waals surface area contributed by atoms with E-state index in [1.807, 2.05) is 20.8 Å². The molecule has 1 heterocycles. The molecule has 15 heavy (non-hydrogen) atoms. The molecule has 0 radical (unpaired) electrons. The Balaban J connectivity index is 2.96. The van der Waals surface area contributed by atoms with E-state index in [4.69, 9.17) is 16.3 Å². The highest BCUT2D eigenvalue weighted by atomic mass is 35.5. The first-order valence-corrected chi connectivity index (χ1v) is 5.03. The van der Waals surface area contributed by atoms with E-state index in [0.717, 1.165) is 5.69 Å². The van der Waals surface area contributed by atoms with Gasteiger partial charge in [-0.3, -0.25) is 4.98 Å². The number of aryl methyl sites for hydroxylation is 1. The number of ether oxygens (including phenoxy) is 1. The summed E-state index contributed by atoms with van der Waals surface area (Å²) in [5.41, 5.74) is 0.580. The zero-order chi connectivity index (χ0) is 11.6. The van der Waals surface area contributed by atoms with Crippen LogP contribution in [0.3, 0.4) is 0 Å². The number of rotatable bonds is 1. The van der Waals surface area contributed by atoms with Crippen LogP contribution in [0.25, 0.3) is 0 Å². The molecule has 0 bridgehead atoms. The fourth-order valence-corrected chi connectivity index (χ4v) is 1.21. The average molecular weight is 228 g/mol. The number of carbonyl (C=O) groups excluding carboxylic acids is 1. The second-order valence-corrected chi connectivity index (χ2v) is 4.71. The van der Waals surface area contributed by atoms with E-state index in [2.05, 4.69) is 4.98 Å². The largest absolute Gasteiger partial charge is 0.456 e. The van der Waals surface area contributed by atoms with Gasteiger partial charge in [0.15, 0.2) is 0 Å². The first-order valence-electron chi connectivity index (χ1n) is 4.65. The molecule has 82 valence electrons. The van der Waals surface area contributed by atoms with E-state index in [-0.39, 0.29) is 0 Å². The lowest BCUT2D eigenvalue weighted by Crippen LogP contribution is -2.24. The summed E-state index contributed by atoms with van der Waals surface area (Å²) < 4.78 is 5.21. The Hall–Kier alpha value is -1.09. The Bertz CT molecular complexity index is 383. The van der Waals surface area contributed by atoms with Crippen LogP contribution in [-0.2, 0) is 4.74 Å². The van der Waals surface area contributed by atoms with E-state index in [0.29, 0.717) is 10.6 Å². The quantitative estimate of drug-likeness (QED) is 0.693. The van der Waals surface area contributed by atoms with E-state index in [1.54, 1.807) is 13.0 Å². The minimum Gasteiger partial charge on any atom is -0.456 e. The number of halogens is 1. The van der Waals surface area contributed by atoms with E-state index in [1.165, 1.54) is 6.20 Å². The molecule has 0 aromatic carbocycles. The summed E-state index contributed by atoms with van der Waals surface area (Å²) in [7, 11) is 0. The summed E-state index contributed by atoms with van der Waals surface area (Å²) in [5, 5.41) is 0.315. The minimum atomic E-state index is -0.516. The SMILES string of the molecule is Cc1cc(C(=O)OC(C)(C)C)c(Cl)cn1. The van der Waals surface area contributed by atoms with E-state index < -0.39 is 11.6 Å². The molecule has 0 aliphatic rings. The van der Waals surface area contributed by atoms with Crippen molar-refractivity contribution in [3.63, 3.8) is 0 Å². The van der Waals surface area contributed by atoms with Crippen molar-refractivity contribution in [2.75, 3.05) is 0 Å². The third kappa shape index (κ3) is 3.51. The van der Waals surface area contributed by atoms with Gasteiger partial charge in [0.1, 0.15) is 5.60 Å². The molecule has 1 rings (SSSR count). The molecule has 0 saturated heterocycles. The van der Waals surface area contributed by atoms with Crippen LogP contribution in [0.1, 0.15) is 36.8 Å². The number of pyridine rings is 1. The molecule has 3 nitrogen and oxygen atoms in total. The number of hydrogen-bond acceptors (Lipinski definition) is 3. The van der Waals surface area contributed by atoms with Gasteiger partial charge < -0.3 is 4.74 Å². The maximum absolute atomic E-state index is 11.7. The molecule has 0 saturated carbocycles. The molecule has 0 spiro atoms. The van der Waals surface area contributed by atoms with E-state index in [9.17, 15) is 4.79 Å². The van der Waals surface area contributed by atoms with Crippen LogP contribution in [0.4, 0.5) is 0 Å². The lowest BCUT2D eigenvalue weighted by molar-refractivity contribution is 0.00695. The van der Waals surface area contributed by atoms with Gasteiger partial charge in [-0.25, -0.2) is 4.79 Å². The van der Waals surface area contributed by atoms with Crippen molar-refractivity contribution in [3.05, 3.63) is 28.5 Å². The second kappa shape index (κ2) is 4.19. The number of aromatic nitrogens is 1. The Labute approximate surface area is 94.4 Å². The Morgan fingerprint density at radius 2 is 2.07 bits per heavy atom. The Kier molecular flexibility index (Phi) is 3.35. The molecule has 0 aliphatic heterocycles. The number of esters is 1. The summed E-state index contributed by atoms with van der Waals surface area (Å²) in [6.07, 6.45) is 1.45. The predicted molar refractivity (Wildman–Crippen MR) is 59.2 cm³/mol. The number of hydrogen-bond donors (Lipinski definition) is 0. The van der Waals surface area contributed by atoms with Crippen molar-refractivity contribution in [3.8, 4) is 0 Å². The highest BCUT2D eigenvalue weighted by Crippen LogP contribution is 2.19. The monoisotopic (exact) mass is 227 g/mol. The van der Waals surface area contributed by atoms with Crippen LogP contribution >= 0.6 is 11.6 Å². The van der Waals surface area contributed by atoms with Crippen molar-refractivity contribution in [2.24, 2.45) is 0 Å². The van der Waals surface area contributed by atoms with Crippen LogP contribution in [0, 0.1) is 6.92 Å². The maximum Gasteiger partial charge on any atom is 0.340 e. The Morgan fingerprint density at radius 1 is 1.47 bits per heavy atom. The lowest BCUT2D eigenvalue weighted by Gasteiger charge is -2.19. The third-order valence-electron chi connectivity index (χ3n) is 1.61. The van der Waals surface area contributed by atoms with Gasteiger partial charge in [-0.15, -0.1) is 0 Å². The van der Waals surface area contributed by atoms with Crippen LogP contribution < -0.4 is 0 Å². The zero-order valence-corrected chi connectivity index (χ0v) is 10.1. The topological polar surface area (TPSA) is 39.2 Å². The van der Waals surface area contributed by atoms with Crippen molar-refractivity contribution >= 4 is 17.6 Å². The molecule has 0 aliphatic carbocycles. The summed E-state index contributed by atoms with van der Waals surface area (Å²) >= 11 is 5.86. The van der Waals surface area contributed by atoms with Gasteiger partial charge in [-0.2, -0.15) is 0 Å². The van der Waals surface area contributed by atoms with Gasteiger partial charge in [-0.05, 0) is 33.8 Å². The first-order chi connectivity index (χ1) is 6.79. The molecular formula is C11H14ClNO2. The molecular weight excluding hydrogens is 214 g/mol. The molecule has 0 fully saturated rings. The minimum absolute atomic E-state index is 0.315. The standard InChI is InChI=1S/C11H14ClNO2/c1-7-5-8(9(12)6-13-7)10(14)15-11(2,3)4/h5-6H,1-4H3. The fraction of sp³-hybridized carbons (Fsp3) is 0.455. The average Bonchev–Trinajstić information content (AvgIpc) is 2.06. The van der Waals surface area contributed by atoms with Gasteiger partial charge in [0.05, 0.1) is 10.6 Å². The van der Waals surface area contributed by atoms with Crippen LogP contribution in [0.5, 0.6) is 0 Å². The van der Waals surface area contributed by atoms with Crippen molar-refractivity contribution in [1.29, 1.82) is 0 Å². The van der Waals surface area contributed by atoms with Crippen LogP contribution in [0.2, 0.25) is 5.02 Å². The molecule has 0 unspecified atom stereocenters. The van der Waals surface area contributed by atoms with Gasteiger partial charge in [0.2, 0.25) is 0 Å². The summed E-state index contributed by atoms with van der Waals surface area (Å²) in [6, 6.07) is 1.62. The highest BCUT2D eigenvalue weighted by molar-refractivity contribution is 6.33. The molecule has 0 N–H and O–H groups in total. The van der Waals surface area contributed by atoms with Crippen molar-refractivity contribution in [2.45, 2.75) is 33.3 Å². The van der Waals surface area contributed by atoms with Gasteiger partial charge in [0.25, 0.3) is 0 Å². The van der Waals surface area contributed by atoms with Crippen LogP contribution in [0.15, 0.2) is 12.3 Å². The zero-order valence-electron chi connectivity index (χ0n) is 9.30. The predicted octanol–water partition coefficient (Wildman–Crippen LogP) is 3.00. The summed E-state index contributed by atoms with van der Waals surface area (Å²) in [4.78, 5) is 15.7. The van der Waals surface area contributed by atoms with Gasteiger partial charge in [0, 0.05) is 11.9 Å². The fourth-order valence-electron chi connectivity index (χ4n) is 1.03. The molecule has 0 amide bonds.